The van der Waals surface area contributed by atoms with Crippen molar-refractivity contribution in [2.45, 2.75) is 32.3 Å². The van der Waals surface area contributed by atoms with Crippen molar-refractivity contribution in [3.05, 3.63) is 35.6 Å². The Morgan fingerprint density at radius 2 is 1.94 bits per heavy atom. The highest BCUT2D eigenvalue weighted by Gasteiger charge is 2.09. The fourth-order valence-corrected chi connectivity index (χ4v) is 2.25. The Labute approximate surface area is 111 Å². The average molecular weight is 336 g/mol. The normalized spacial score (nSPS) is 12.7. The minimum absolute atomic E-state index is 0.0954. The standard InChI is InChI=1S/C13H18FIO/c1-2-3-4-9-16-13(10-15)11-5-7-12(14)8-6-11/h5-8,13H,2-4,9-10H2,1H3. The molecule has 0 amide bonds. The van der Waals surface area contributed by atoms with Gasteiger partial charge in [-0.1, -0.05) is 54.5 Å². The molecular formula is C13H18FIO. The van der Waals surface area contributed by atoms with Crippen molar-refractivity contribution in [1.82, 2.24) is 0 Å². The third-order valence-electron chi connectivity index (χ3n) is 2.45. The molecule has 0 heterocycles. The summed E-state index contributed by atoms with van der Waals surface area (Å²) in [5.41, 5.74) is 1.06. The lowest BCUT2D eigenvalue weighted by Gasteiger charge is -2.15. The third-order valence-corrected chi connectivity index (χ3v) is 3.25. The van der Waals surface area contributed by atoms with Gasteiger partial charge in [0.05, 0.1) is 6.10 Å². The summed E-state index contributed by atoms with van der Waals surface area (Å²) in [4.78, 5) is 0. The lowest BCUT2D eigenvalue weighted by molar-refractivity contribution is 0.0681. The van der Waals surface area contributed by atoms with E-state index in [0.717, 1.165) is 23.0 Å². The second-order valence-corrected chi connectivity index (χ2v) is 4.65. The SMILES string of the molecule is CCCCCOC(CI)c1ccc(F)cc1. The van der Waals surface area contributed by atoms with Crippen LogP contribution in [-0.2, 0) is 4.74 Å². The first-order chi connectivity index (χ1) is 7.77. The van der Waals surface area contributed by atoms with Gasteiger partial charge in [0.1, 0.15) is 5.82 Å². The molecule has 0 saturated heterocycles. The average Bonchev–Trinajstić information content (AvgIpc) is 2.31. The summed E-state index contributed by atoms with van der Waals surface area (Å²) < 4.78 is 19.5. The number of ether oxygens (including phenoxy) is 1. The van der Waals surface area contributed by atoms with Gasteiger partial charge in [0.2, 0.25) is 0 Å². The van der Waals surface area contributed by atoms with Gasteiger partial charge in [-0.2, -0.15) is 0 Å². The van der Waals surface area contributed by atoms with Gasteiger partial charge in [0, 0.05) is 11.0 Å². The number of hydrogen-bond donors (Lipinski definition) is 0. The molecule has 1 rings (SSSR count). The monoisotopic (exact) mass is 336 g/mol. The van der Waals surface area contributed by atoms with E-state index in [1.54, 1.807) is 12.1 Å². The van der Waals surface area contributed by atoms with Crippen LogP contribution in [0.1, 0.15) is 37.9 Å². The smallest absolute Gasteiger partial charge is 0.123 e. The molecule has 0 N–H and O–H groups in total. The highest BCUT2D eigenvalue weighted by atomic mass is 127. The van der Waals surface area contributed by atoms with Crippen LogP contribution in [0.25, 0.3) is 0 Å². The van der Waals surface area contributed by atoms with Crippen LogP contribution in [0, 0.1) is 5.82 Å². The van der Waals surface area contributed by atoms with E-state index in [1.165, 1.54) is 25.0 Å². The molecule has 3 heteroatoms. The summed E-state index contributed by atoms with van der Waals surface area (Å²) in [6.07, 6.45) is 3.61. The van der Waals surface area contributed by atoms with Gasteiger partial charge in [-0.15, -0.1) is 0 Å². The molecule has 0 fully saturated rings. The van der Waals surface area contributed by atoms with Gasteiger partial charge in [0.25, 0.3) is 0 Å². The Hall–Kier alpha value is -0.160. The Bertz CT molecular complexity index is 286. The number of halogens is 2. The zero-order valence-corrected chi connectivity index (χ0v) is 11.7. The van der Waals surface area contributed by atoms with Crippen molar-refractivity contribution in [2.75, 3.05) is 11.0 Å². The highest BCUT2D eigenvalue weighted by molar-refractivity contribution is 14.1. The second-order valence-electron chi connectivity index (χ2n) is 3.77. The van der Waals surface area contributed by atoms with Crippen LogP contribution in [-0.4, -0.2) is 11.0 Å². The highest BCUT2D eigenvalue weighted by Crippen LogP contribution is 2.20. The van der Waals surface area contributed by atoms with Crippen LogP contribution in [0.2, 0.25) is 0 Å². The Kier molecular flexibility index (Phi) is 6.96. The fourth-order valence-electron chi connectivity index (χ4n) is 1.48. The van der Waals surface area contributed by atoms with E-state index in [9.17, 15) is 4.39 Å². The first kappa shape index (κ1) is 13.9. The summed E-state index contributed by atoms with van der Waals surface area (Å²) in [7, 11) is 0. The van der Waals surface area contributed by atoms with E-state index in [-0.39, 0.29) is 11.9 Å². The molecule has 0 radical (unpaired) electrons. The van der Waals surface area contributed by atoms with Crippen LogP contribution < -0.4 is 0 Å². The van der Waals surface area contributed by atoms with E-state index in [2.05, 4.69) is 29.5 Å². The van der Waals surface area contributed by atoms with Gasteiger partial charge < -0.3 is 4.74 Å². The van der Waals surface area contributed by atoms with Gasteiger partial charge >= 0.3 is 0 Å². The topological polar surface area (TPSA) is 9.23 Å². The van der Waals surface area contributed by atoms with Crippen molar-refractivity contribution in [3.63, 3.8) is 0 Å². The van der Waals surface area contributed by atoms with E-state index < -0.39 is 0 Å². The van der Waals surface area contributed by atoms with Crippen molar-refractivity contribution in [3.8, 4) is 0 Å². The van der Waals surface area contributed by atoms with E-state index >= 15 is 0 Å². The Morgan fingerprint density at radius 3 is 2.50 bits per heavy atom. The minimum atomic E-state index is -0.193. The maximum Gasteiger partial charge on any atom is 0.123 e. The third kappa shape index (κ3) is 4.78. The zero-order valence-electron chi connectivity index (χ0n) is 9.59. The van der Waals surface area contributed by atoms with E-state index in [0.29, 0.717) is 0 Å². The maximum atomic E-state index is 12.8. The van der Waals surface area contributed by atoms with Crippen LogP contribution >= 0.6 is 22.6 Å². The molecule has 0 aliphatic carbocycles. The molecule has 0 bridgehead atoms. The number of alkyl halides is 1. The van der Waals surface area contributed by atoms with Crippen LogP contribution in [0.4, 0.5) is 4.39 Å². The molecular weight excluding hydrogens is 318 g/mol. The number of hydrogen-bond acceptors (Lipinski definition) is 1. The molecule has 1 unspecified atom stereocenters. The predicted molar refractivity (Wildman–Crippen MR) is 73.5 cm³/mol. The summed E-state index contributed by atoms with van der Waals surface area (Å²) in [6, 6.07) is 6.59. The Morgan fingerprint density at radius 1 is 1.25 bits per heavy atom. The van der Waals surface area contributed by atoms with Crippen LogP contribution in [0.15, 0.2) is 24.3 Å². The lowest BCUT2D eigenvalue weighted by Crippen LogP contribution is -2.07. The molecule has 1 atom stereocenters. The molecule has 16 heavy (non-hydrogen) atoms. The summed E-state index contributed by atoms with van der Waals surface area (Å²) in [6.45, 7) is 2.97. The van der Waals surface area contributed by atoms with Crippen LogP contribution in [0.3, 0.4) is 0 Å². The number of benzene rings is 1. The van der Waals surface area contributed by atoms with Gasteiger partial charge in [-0.3, -0.25) is 0 Å². The van der Waals surface area contributed by atoms with Gasteiger partial charge in [0.15, 0.2) is 0 Å². The summed E-state index contributed by atoms with van der Waals surface area (Å²) in [5.74, 6) is -0.193. The summed E-state index contributed by atoms with van der Waals surface area (Å²) >= 11 is 2.30. The molecule has 0 saturated carbocycles. The molecule has 90 valence electrons. The van der Waals surface area contributed by atoms with Gasteiger partial charge in [-0.25, -0.2) is 4.39 Å². The molecule has 0 aliphatic heterocycles. The van der Waals surface area contributed by atoms with Crippen molar-refractivity contribution >= 4 is 22.6 Å². The minimum Gasteiger partial charge on any atom is -0.373 e. The lowest BCUT2D eigenvalue weighted by atomic mass is 10.1. The first-order valence-corrected chi connectivity index (χ1v) is 7.23. The first-order valence-electron chi connectivity index (χ1n) is 5.71. The van der Waals surface area contributed by atoms with E-state index in [1.807, 2.05) is 0 Å². The van der Waals surface area contributed by atoms with Crippen molar-refractivity contribution in [2.24, 2.45) is 0 Å². The van der Waals surface area contributed by atoms with Gasteiger partial charge in [-0.05, 0) is 24.1 Å². The van der Waals surface area contributed by atoms with E-state index in [4.69, 9.17) is 4.74 Å². The molecule has 1 nitrogen and oxygen atoms in total. The maximum absolute atomic E-state index is 12.8. The van der Waals surface area contributed by atoms with Crippen molar-refractivity contribution in [1.29, 1.82) is 0 Å². The molecule has 0 aliphatic rings. The molecule has 1 aromatic carbocycles. The second kappa shape index (κ2) is 8.01. The molecule has 1 aromatic rings. The largest absolute Gasteiger partial charge is 0.373 e. The number of rotatable bonds is 7. The van der Waals surface area contributed by atoms with Crippen molar-refractivity contribution < 1.29 is 9.13 Å². The summed E-state index contributed by atoms with van der Waals surface area (Å²) in [5, 5.41) is 0. The zero-order chi connectivity index (χ0) is 11.8. The number of unbranched alkanes of at least 4 members (excludes halogenated alkanes) is 2. The quantitative estimate of drug-likeness (QED) is 0.404. The van der Waals surface area contributed by atoms with Crippen LogP contribution in [0.5, 0.6) is 0 Å². The predicted octanol–water partition coefficient (Wildman–Crippen LogP) is 4.51. The molecule has 0 aromatic heterocycles. The fraction of sp³-hybridized carbons (Fsp3) is 0.538. The molecule has 0 spiro atoms. The Balaban J connectivity index is 2.44.